The Bertz CT molecular complexity index is 692. The molecule has 1 aromatic heterocycles. The fourth-order valence-corrected chi connectivity index (χ4v) is 2.21. The van der Waals surface area contributed by atoms with E-state index in [1.165, 1.54) is 0 Å². The van der Waals surface area contributed by atoms with Crippen molar-refractivity contribution in [1.29, 1.82) is 0 Å². The summed E-state index contributed by atoms with van der Waals surface area (Å²) in [4.78, 5) is 4.12. The van der Waals surface area contributed by atoms with E-state index in [0.717, 1.165) is 22.1 Å². The molecule has 1 atom stereocenters. The van der Waals surface area contributed by atoms with E-state index >= 15 is 0 Å². The molecule has 20 heavy (non-hydrogen) atoms. The Morgan fingerprint density at radius 1 is 1.00 bits per heavy atom. The average molecular weight is 265 g/mol. The lowest BCUT2D eigenvalue weighted by atomic mass is 10.0. The number of para-hydroxylation sites is 1. The molecule has 0 aliphatic rings. The molecule has 0 bridgehead atoms. The lowest BCUT2D eigenvalue weighted by Crippen LogP contribution is -2.10. The topological polar surface area (TPSA) is 42.4 Å². The van der Waals surface area contributed by atoms with Crippen molar-refractivity contribution < 1.29 is 9.84 Å². The van der Waals surface area contributed by atoms with E-state index in [1.807, 2.05) is 54.6 Å². The van der Waals surface area contributed by atoms with Crippen LogP contribution in [0.5, 0.6) is 5.75 Å². The summed E-state index contributed by atoms with van der Waals surface area (Å²) < 4.78 is 5.60. The van der Waals surface area contributed by atoms with Gasteiger partial charge in [0.05, 0.1) is 0 Å². The van der Waals surface area contributed by atoms with Gasteiger partial charge in [0.25, 0.3) is 0 Å². The van der Waals surface area contributed by atoms with Crippen LogP contribution in [0.1, 0.15) is 11.7 Å². The molecule has 3 heteroatoms. The van der Waals surface area contributed by atoms with Gasteiger partial charge in [-0.2, -0.15) is 0 Å². The van der Waals surface area contributed by atoms with Crippen LogP contribution in [0.15, 0.2) is 67.0 Å². The van der Waals surface area contributed by atoms with Gasteiger partial charge in [-0.15, -0.1) is 0 Å². The van der Waals surface area contributed by atoms with Crippen LogP contribution < -0.4 is 4.74 Å². The Morgan fingerprint density at radius 2 is 1.85 bits per heavy atom. The van der Waals surface area contributed by atoms with E-state index in [1.54, 1.807) is 12.4 Å². The van der Waals surface area contributed by atoms with Gasteiger partial charge in [-0.25, -0.2) is 0 Å². The minimum Gasteiger partial charge on any atom is -0.491 e. The van der Waals surface area contributed by atoms with E-state index in [4.69, 9.17) is 4.74 Å². The van der Waals surface area contributed by atoms with Gasteiger partial charge < -0.3 is 9.84 Å². The molecule has 0 spiro atoms. The molecule has 100 valence electrons. The highest BCUT2D eigenvalue weighted by Crippen LogP contribution is 2.24. The molecule has 3 rings (SSSR count). The lowest BCUT2D eigenvalue weighted by Gasteiger charge is -2.14. The Morgan fingerprint density at radius 3 is 2.70 bits per heavy atom. The second-order valence-corrected chi connectivity index (χ2v) is 4.58. The molecule has 0 amide bonds. The highest BCUT2D eigenvalue weighted by Gasteiger charge is 2.12. The van der Waals surface area contributed by atoms with Crippen molar-refractivity contribution in [2.75, 3.05) is 6.61 Å². The Balaban J connectivity index is 1.80. The van der Waals surface area contributed by atoms with Crippen molar-refractivity contribution >= 4 is 10.8 Å². The van der Waals surface area contributed by atoms with Gasteiger partial charge in [-0.3, -0.25) is 4.98 Å². The zero-order chi connectivity index (χ0) is 13.8. The number of fused-ring (bicyclic) bond motifs is 1. The molecule has 1 heterocycles. The second-order valence-electron chi connectivity index (χ2n) is 4.58. The van der Waals surface area contributed by atoms with Gasteiger partial charge in [-0.05, 0) is 29.1 Å². The largest absolute Gasteiger partial charge is 0.491 e. The van der Waals surface area contributed by atoms with Crippen LogP contribution in [0.4, 0.5) is 0 Å². The van der Waals surface area contributed by atoms with Crippen molar-refractivity contribution in [2.24, 2.45) is 0 Å². The predicted octanol–water partition coefficient (Wildman–Crippen LogP) is 3.35. The first-order valence-corrected chi connectivity index (χ1v) is 6.53. The van der Waals surface area contributed by atoms with Crippen molar-refractivity contribution in [3.63, 3.8) is 0 Å². The van der Waals surface area contributed by atoms with E-state index in [2.05, 4.69) is 4.98 Å². The van der Waals surface area contributed by atoms with E-state index in [-0.39, 0.29) is 6.61 Å². The van der Waals surface area contributed by atoms with Crippen molar-refractivity contribution in [2.45, 2.75) is 6.10 Å². The summed E-state index contributed by atoms with van der Waals surface area (Å²) in [6.07, 6.45) is 2.85. The summed E-state index contributed by atoms with van der Waals surface area (Å²) in [5.74, 6) is 0.755. The standard InChI is InChI=1S/C17H15NO2/c19-17(12-20-14-6-2-1-3-7-14)15-8-4-5-13-9-10-18-11-16(13)15/h1-11,17,19H,12H2. The maximum atomic E-state index is 10.3. The normalized spacial score (nSPS) is 12.2. The Kier molecular flexibility index (Phi) is 3.61. The van der Waals surface area contributed by atoms with Crippen LogP contribution in [-0.4, -0.2) is 16.7 Å². The Hall–Kier alpha value is -2.39. The number of nitrogens with zero attached hydrogens (tertiary/aromatic N) is 1. The third-order valence-corrected chi connectivity index (χ3v) is 3.23. The molecule has 3 nitrogen and oxygen atoms in total. The number of aromatic nitrogens is 1. The van der Waals surface area contributed by atoms with E-state index in [0.29, 0.717) is 0 Å². The van der Waals surface area contributed by atoms with Crippen molar-refractivity contribution in [1.82, 2.24) is 4.98 Å². The summed E-state index contributed by atoms with van der Waals surface area (Å²) in [5, 5.41) is 12.4. The van der Waals surface area contributed by atoms with Gasteiger partial charge in [-0.1, -0.05) is 36.4 Å². The number of aliphatic hydroxyl groups is 1. The van der Waals surface area contributed by atoms with Crippen molar-refractivity contribution in [3.05, 3.63) is 72.6 Å². The minimum absolute atomic E-state index is 0.220. The third kappa shape index (κ3) is 2.63. The number of ether oxygens (including phenoxy) is 1. The summed E-state index contributed by atoms with van der Waals surface area (Å²) in [6, 6.07) is 17.3. The molecule has 0 aliphatic heterocycles. The van der Waals surface area contributed by atoms with Gasteiger partial charge in [0.2, 0.25) is 0 Å². The van der Waals surface area contributed by atoms with Crippen LogP contribution in [0.3, 0.4) is 0 Å². The van der Waals surface area contributed by atoms with Crippen LogP contribution in [0.25, 0.3) is 10.8 Å². The minimum atomic E-state index is -0.678. The lowest BCUT2D eigenvalue weighted by molar-refractivity contribution is 0.109. The molecular formula is C17H15NO2. The fourth-order valence-electron chi connectivity index (χ4n) is 2.21. The van der Waals surface area contributed by atoms with Gasteiger partial charge >= 0.3 is 0 Å². The number of hydrogen-bond acceptors (Lipinski definition) is 3. The van der Waals surface area contributed by atoms with Crippen LogP contribution >= 0.6 is 0 Å². The summed E-state index contributed by atoms with van der Waals surface area (Å²) >= 11 is 0. The maximum absolute atomic E-state index is 10.3. The smallest absolute Gasteiger partial charge is 0.119 e. The summed E-state index contributed by atoms with van der Waals surface area (Å²) in [5.41, 5.74) is 0.839. The van der Waals surface area contributed by atoms with E-state index < -0.39 is 6.10 Å². The number of aliphatic hydroxyl groups excluding tert-OH is 1. The van der Waals surface area contributed by atoms with Gasteiger partial charge in [0, 0.05) is 17.8 Å². The highest BCUT2D eigenvalue weighted by atomic mass is 16.5. The molecule has 0 fully saturated rings. The molecule has 1 N–H and O–H groups in total. The molecule has 0 saturated carbocycles. The number of hydrogen-bond donors (Lipinski definition) is 1. The quantitative estimate of drug-likeness (QED) is 0.786. The summed E-state index contributed by atoms with van der Waals surface area (Å²) in [7, 11) is 0. The zero-order valence-corrected chi connectivity index (χ0v) is 10.9. The molecule has 0 saturated heterocycles. The first-order valence-electron chi connectivity index (χ1n) is 6.53. The fraction of sp³-hybridized carbons (Fsp3) is 0.118. The first kappa shape index (κ1) is 12.6. The molecule has 3 aromatic rings. The number of pyridine rings is 1. The molecule has 2 aromatic carbocycles. The van der Waals surface area contributed by atoms with Crippen molar-refractivity contribution in [3.8, 4) is 5.75 Å². The monoisotopic (exact) mass is 265 g/mol. The Labute approximate surface area is 117 Å². The molecular weight excluding hydrogens is 250 g/mol. The van der Waals surface area contributed by atoms with E-state index in [9.17, 15) is 5.11 Å². The maximum Gasteiger partial charge on any atom is 0.119 e. The van der Waals surface area contributed by atoms with Crippen LogP contribution in [0, 0.1) is 0 Å². The third-order valence-electron chi connectivity index (χ3n) is 3.23. The highest BCUT2D eigenvalue weighted by molar-refractivity contribution is 5.85. The zero-order valence-electron chi connectivity index (χ0n) is 10.9. The summed E-state index contributed by atoms with van der Waals surface area (Å²) in [6.45, 7) is 0.220. The molecule has 0 radical (unpaired) electrons. The second kappa shape index (κ2) is 5.72. The molecule has 1 unspecified atom stereocenters. The van der Waals surface area contributed by atoms with Crippen LogP contribution in [0.2, 0.25) is 0 Å². The SMILES string of the molecule is OC(COc1ccccc1)c1cccc2ccncc12. The number of benzene rings is 2. The molecule has 0 aliphatic carbocycles. The van der Waals surface area contributed by atoms with Gasteiger partial charge in [0.1, 0.15) is 18.5 Å². The average Bonchev–Trinajstić information content (AvgIpc) is 2.53. The predicted molar refractivity (Wildman–Crippen MR) is 78.6 cm³/mol. The van der Waals surface area contributed by atoms with Gasteiger partial charge in [0.15, 0.2) is 0 Å². The number of rotatable bonds is 4. The van der Waals surface area contributed by atoms with Crippen LogP contribution in [-0.2, 0) is 0 Å². The first-order chi connectivity index (χ1) is 9.84.